The molecule has 7 heteroatoms. The summed E-state index contributed by atoms with van der Waals surface area (Å²) in [5.41, 5.74) is 2.80. The summed E-state index contributed by atoms with van der Waals surface area (Å²) in [6, 6.07) is 27.4. The van der Waals surface area contributed by atoms with Crippen LogP contribution in [0.1, 0.15) is 36.1 Å². The summed E-state index contributed by atoms with van der Waals surface area (Å²) in [5.74, 6) is -0.975. The molecule has 0 unspecified atom stereocenters. The first-order valence-corrected chi connectivity index (χ1v) is 12.1. The summed E-state index contributed by atoms with van der Waals surface area (Å²) in [7, 11) is 0. The molecule has 0 radical (unpaired) electrons. The van der Waals surface area contributed by atoms with Gasteiger partial charge >= 0.3 is 12.1 Å². The van der Waals surface area contributed by atoms with Gasteiger partial charge in [-0.1, -0.05) is 91.0 Å². The lowest BCUT2D eigenvalue weighted by Gasteiger charge is -2.31. The van der Waals surface area contributed by atoms with E-state index < -0.39 is 30.1 Å². The van der Waals surface area contributed by atoms with E-state index in [-0.39, 0.29) is 19.6 Å². The number of benzene rings is 3. The summed E-state index contributed by atoms with van der Waals surface area (Å²) < 4.78 is 10.6. The average Bonchev–Trinajstić information content (AvgIpc) is 3.30. The van der Waals surface area contributed by atoms with Gasteiger partial charge in [0.05, 0.1) is 13.0 Å². The van der Waals surface area contributed by atoms with Crippen LogP contribution in [0.4, 0.5) is 4.79 Å². The van der Waals surface area contributed by atoms with Gasteiger partial charge < -0.3 is 9.47 Å². The number of ether oxygens (including phenoxy) is 2. The number of nitrogens with zero attached hydrogens (tertiary/aromatic N) is 2. The molecular formula is C29H30N2O5. The minimum absolute atomic E-state index is 0.0798. The third kappa shape index (κ3) is 6.17. The molecule has 3 aromatic carbocycles. The third-order valence-corrected chi connectivity index (χ3v) is 6.15. The van der Waals surface area contributed by atoms with E-state index in [4.69, 9.17) is 9.47 Å². The Morgan fingerprint density at radius 1 is 0.917 bits per heavy atom. The van der Waals surface area contributed by atoms with Crippen LogP contribution in [0.2, 0.25) is 0 Å². The van der Waals surface area contributed by atoms with E-state index in [2.05, 4.69) is 0 Å². The number of carbonyl (C=O) groups excluding carboxylic acids is 3. The minimum Gasteiger partial charge on any atom is -0.465 e. The van der Waals surface area contributed by atoms with Crippen molar-refractivity contribution in [3.8, 4) is 0 Å². The maximum Gasteiger partial charge on any atom is 0.417 e. The SMILES string of the molecule is CCOC(=O)[C@H](CC(=O)N1C(=O)OC[C@H]1c1ccccc1)N(Cc1ccccc1)Cc1ccccc1. The largest absolute Gasteiger partial charge is 0.465 e. The molecule has 1 aliphatic heterocycles. The van der Waals surface area contributed by atoms with Crippen LogP contribution in [-0.2, 0) is 32.2 Å². The monoisotopic (exact) mass is 486 g/mol. The molecule has 0 bridgehead atoms. The van der Waals surface area contributed by atoms with Crippen LogP contribution in [0.25, 0.3) is 0 Å². The number of imide groups is 1. The Bertz CT molecular complexity index is 1110. The summed E-state index contributed by atoms with van der Waals surface area (Å²) in [6.07, 6.45) is -0.911. The highest BCUT2D eigenvalue weighted by Crippen LogP contribution is 2.29. The maximum absolute atomic E-state index is 13.6. The molecule has 2 atom stereocenters. The van der Waals surface area contributed by atoms with Gasteiger partial charge in [0.1, 0.15) is 18.7 Å². The van der Waals surface area contributed by atoms with Crippen molar-refractivity contribution in [1.82, 2.24) is 9.80 Å². The van der Waals surface area contributed by atoms with E-state index in [1.807, 2.05) is 95.9 Å². The zero-order valence-electron chi connectivity index (χ0n) is 20.3. The quantitative estimate of drug-likeness (QED) is 0.386. The van der Waals surface area contributed by atoms with Crippen LogP contribution in [0.15, 0.2) is 91.0 Å². The number of rotatable bonds is 10. The van der Waals surface area contributed by atoms with Crippen molar-refractivity contribution in [2.24, 2.45) is 0 Å². The Morgan fingerprint density at radius 2 is 1.44 bits per heavy atom. The number of hydrogen-bond acceptors (Lipinski definition) is 6. The average molecular weight is 487 g/mol. The van der Waals surface area contributed by atoms with E-state index in [1.54, 1.807) is 6.92 Å². The fourth-order valence-electron chi connectivity index (χ4n) is 4.39. The van der Waals surface area contributed by atoms with Gasteiger partial charge in [-0.3, -0.25) is 14.5 Å². The second kappa shape index (κ2) is 12.1. The number of amides is 2. The van der Waals surface area contributed by atoms with Crippen molar-refractivity contribution in [3.63, 3.8) is 0 Å². The van der Waals surface area contributed by atoms with Crippen molar-refractivity contribution >= 4 is 18.0 Å². The van der Waals surface area contributed by atoms with Gasteiger partial charge in [-0.05, 0) is 23.6 Å². The summed E-state index contributed by atoms with van der Waals surface area (Å²) in [6.45, 7) is 2.86. The van der Waals surface area contributed by atoms with E-state index >= 15 is 0 Å². The van der Waals surface area contributed by atoms with Gasteiger partial charge in [-0.2, -0.15) is 0 Å². The molecule has 1 aliphatic rings. The Morgan fingerprint density at radius 3 is 1.97 bits per heavy atom. The Kier molecular flexibility index (Phi) is 8.47. The molecule has 0 aliphatic carbocycles. The number of esters is 1. The highest BCUT2D eigenvalue weighted by molar-refractivity contribution is 5.96. The van der Waals surface area contributed by atoms with E-state index in [0.717, 1.165) is 21.6 Å². The van der Waals surface area contributed by atoms with Crippen LogP contribution in [0.5, 0.6) is 0 Å². The normalized spacial score (nSPS) is 16.0. The van der Waals surface area contributed by atoms with Crippen LogP contribution in [0.3, 0.4) is 0 Å². The molecule has 2 amide bonds. The number of carbonyl (C=O) groups is 3. The van der Waals surface area contributed by atoms with Crippen molar-refractivity contribution in [2.75, 3.05) is 13.2 Å². The van der Waals surface area contributed by atoms with Gasteiger partial charge in [0.2, 0.25) is 5.91 Å². The predicted octanol–water partition coefficient (Wildman–Crippen LogP) is 4.73. The molecule has 186 valence electrons. The molecule has 36 heavy (non-hydrogen) atoms. The second-order valence-electron chi connectivity index (χ2n) is 8.62. The molecule has 0 N–H and O–H groups in total. The molecule has 1 saturated heterocycles. The predicted molar refractivity (Wildman–Crippen MR) is 135 cm³/mol. The molecule has 0 saturated carbocycles. The van der Waals surface area contributed by atoms with Crippen LogP contribution in [0, 0.1) is 0 Å². The van der Waals surface area contributed by atoms with Gasteiger partial charge in [-0.25, -0.2) is 9.69 Å². The van der Waals surface area contributed by atoms with Crippen molar-refractivity contribution in [2.45, 2.75) is 38.5 Å². The van der Waals surface area contributed by atoms with Crippen LogP contribution >= 0.6 is 0 Å². The first kappa shape index (κ1) is 25.1. The molecule has 4 rings (SSSR count). The minimum atomic E-state index is -0.886. The lowest BCUT2D eigenvalue weighted by atomic mass is 10.0. The first-order chi connectivity index (χ1) is 17.6. The Balaban J connectivity index is 1.63. The topological polar surface area (TPSA) is 76.2 Å². The zero-order chi connectivity index (χ0) is 25.3. The highest BCUT2D eigenvalue weighted by atomic mass is 16.6. The maximum atomic E-state index is 13.6. The number of hydrogen-bond donors (Lipinski definition) is 0. The van der Waals surface area contributed by atoms with Gasteiger partial charge in [0.15, 0.2) is 0 Å². The lowest BCUT2D eigenvalue weighted by Crippen LogP contribution is -2.46. The molecular weight excluding hydrogens is 456 g/mol. The van der Waals surface area contributed by atoms with Gasteiger partial charge in [-0.15, -0.1) is 0 Å². The van der Waals surface area contributed by atoms with E-state index in [1.165, 1.54) is 0 Å². The summed E-state index contributed by atoms with van der Waals surface area (Å²) in [5, 5.41) is 0. The molecule has 1 fully saturated rings. The Labute approximate surface area is 211 Å². The fourth-order valence-corrected chi connectivity index (χ4v) is 4.39. The molecule has 0 spiro atoms. The Hall–Kier alpha value is -3.97. The van der Waals surface area contributed by atoms with Crippen LogP contribution < -0.4 is 0 Å². The number of cyclic esters (lactones) is 1. The standard InChI is InChI=1S/C29H30N2O5/c1-2-35-28(33)25(18-27(32)31-26(21-36-29(31)34)24-16-10-5-11-17-24)30(19-22-12-6-3-7-13-22)20-23-14-8-4-9-15-23/h3-17,25-26H,2,18-21H2,1H3/t25-,26-/m0/s1. The highest BCUT2D eigenvalue weighted by Gasteiger charge is 2.41. The third-order valence-electron chi connectivity index (χ3n) is 6.15. The summed E-state index contributed by atoms with van der Waals surface area (Å²) in [4.78, 5) is 42.4. The summed E-state index contributed by atoms with van der Waals surface area (Å²) >= 11 is 0. The van der Waals surface area contributed by atoms with Crippen molar-refractivity contribution < 1.29 is 23.9 Å². The molecule has 1 heterocycles. The fraction of sp³-hybridized carbons (Fsp3) is 0.276. The molecule has 7 nitrogen and oxygen atoms in total. The smallest absolute Gasteiger partial charge is 0.417 e. The van der Waals surface area contributed by atoms with Crippen LogP contribution in [-0.4, -0.2) is 47.0 Å². The lowest BCUT2D eigenvalue weighted by molar-refractivity contribution is -0.153. The van der Waals surface area contributed by atoms with E-state index in [9.17, 15) is 14.4 Å². The van der Waals surface area contributed by atoms with Crippen molar-refractivity contribution in [3.05, 3.63) is 108 Å². The molecule has 0 aromatic heterocycles. The zero-order valence-corrected chi connectivity index (χ0v) is 20.3. The van der Waals surface area contributed by atoms with Gasteiger partial charge in [0.25, 0.3) is 0 Å². The first-order valence-electron chi connectivity index (χ1n) is 12.1. The van der Waals surface area contributed by atoms with E-state index in [0.29, 0.717) is 13.1 Å². The van der Waals surface area contributed by atoms with Crippen molar-refractivity contribution in [1.29, 1.82) is 0 Å². The second-order valence-corrected chi connectivity index (χ2v) is 8.62. The molecule has 3 aromatic rings. The van der Waals surface area contributed by atoms with Gasteiger partial charge in [0, 0.05) is 13.1 Å².